The third-order valence-corrected chi connectivity index (χ3v) is 9.22. The number of nitrogens with zero attached hydrogens (tertiary/aromatic N) is 7. The molecule has 3 aliphatic rings. The van der Waals surface area contributed by atoms with Crippen LogP contribution in [0.3, 0.4) is 0 Å². The lowest BCUT2D eigenvalue weighted by atomic mass is 9.92. The molecule has 1 fully saturated rings. The normalized spacial score (nSPS) is 21.3. The van der Waals surface area contributed by atoms with Gasteiger partial charge in [0, 0.05) is 40.9 Å². The quantitative estimate of drug-likeness (QED) is 0.308. The largest absolute Gasteiger partial charge is 0.330 e. The first-order valence-corrected chi connectivity index (χ1v) is 15.4. The van der Waals surface area contributed by atoms with Crippen LogP contribution in [0.5, 0.6) is 0 Å². The Hall–Kier alpha value is -4.31. The third-order valence-electron chi connectivity index (χ3n) is 8.99. The van der Waals surface area contributed by atoms with Crippen LogP contribution in [0.25, 0.3) is 22.5 Å². The molecular weight excluding hydrogens is 564 g/mol. The molecule has 2 atom stereocenters. The average Bonchev–Trinajstić information content (AvgIpc) is 3.65. The fraction of sp³-hybridized carbons (Fsp3) is 0.375. The van der Waals surface area contributed by atoms with Crippen molar-refractivity contribution in [2.45, 2.75) is 64.0 Å². The molecule has 2 amide bonds. The van der Waals surface area contributed by atoms with E-state index in [0.717, 1.165) is 58.7 Å². The Morgan fingerprint density at radius 2 is 1.88 bits per heavy atom. The Labute approximate surface area is 254 Å². The Balaban J connectivity index is 1.25. The summed E-state index contributed by atoms with van der Waals surface area (Å²) in [5.41, 5.74) is 6.01. The number of carbonyl (C=O) groups is 2. The highest BCUT2D eigenvalue weighted by Crippen LogP contribution is 2.40. The molecule has 0 radical (unpaired) electrons. The van der Waals surface area contributed by atoms with Gasteiger partial charge in [0.1, 0.15) is 0 Å². The van der Waals surface area contributed by atoms with Crippen LogP contribution in [0, 0.1) is 5.92 Å². The Morgan fingerprint density at radius 3 is 2.65 bits per heavy atom. The van der Waals surface area contributed by atoms with Gasteiger partial charge in [0.25, 0.3) is 0 Å². The smallest absolute Gasteiger partial charge is 0.247 e. The van der Waals surface area contributed by atoms with Crippen molar-refractivity contribution < 1.29 is 9.59 Å². The zero-order chi connectivity index (χ0) is 29.5. The number of carbonyl (C=O) groups excluding carboxylic acids is 2. The Bertz CT molecular complexity index is 1710. The summed E-state index contributed by atoms with van der Waals surface area (Å²) in [7, 11) is 0. The first kappa shape index (κ1) is 27.5. The van der Waals surface area contributed by atoms with Crippen molar-refractivity contribution in [3.63, 3.8) is 0 Å². The fourth-order valence-electron chi connectivity index (χ4n) is 6.37. The third kappa shape index (κ3) is 5.24. The molecule has 2 bridgehead atoms. The number of benzene rings is 1. The molecule has 0 spiro atoms. The van der Waals surface area contributed by atoms with E-state index in [1.165, 1.54) is 6.42 Å². The van der Waals surface area contributed by atoms with Crippen molar-refractivity contribution in [3.05, 3.63) is 77.5 Å². The summed E-state index contributed by atoms with van der Waals surface area (Å²) in [6.07, 6.45) is 14.9. The number of amides is 2. The van der Waals surface area contributed by atoms with Gasteiger partial charge in [-0.05, 0) is 74.4 Å². The molecule has 3 aromatic heterocycles. The van der Waals surface area contributed by atoms with E-state index in [4.69, 9.17) is 21.7 Å². The van der Waals surface area contributed by atoms with E-state index >= 15 is 0 Å². The van der Waals surface area contributed by atoms with Crippen molar-refractivity contribution >= 4 is 34.7 Å². The molecule has 220 valence electrons. The SMILES string of the molecule is CC1CCCC(N2CCC(c3cc(Cl)ccc3-n3ccnn3)=CC2=O)c2cc(ccn2)-c2c(cnn2C2CCC2)NC1=O. The Kier molecular flexibility index (Phi) is 7.30. The van der Waals surface area contributed by atoms with Crippen molar-refractivity contribution in [1.29, 1.82) is 0 Å². The maximum absolute atomic E-state index is 13.9. The highest BCUT2D eigenvalue weighted by atomic mass is 35.5. The van der Waals surface area contributed by atoms with Gasteiger partial charge < -0.3 is 10.2 Å². The minimum absolute atomic E-state index is 0.00727. The second-order valence-corrected chi connectivity index (χ2v) is 12.1. The van der Waals surface area contributed by atoms with Crippen LogP contribution in [0.4, 0.5) is 5.69 Å². The van der Waals surface area contributed by atoms with Crippen LogP contribution in [0.2, 0.25) is 5.02 Å². The standard InChI is InChI=1S/C32H33ClN8O2/c1-20-4-2-7-29(26-16-22(10-12-34-26)31-27(37-32(20)43)19-36-41(31)24-5-3-6-24)39-14-11-21(17-30(39)42)25-18-23(33)8-9-28(25)40-15-13-35-38-40/h8-10,12-13,15-20,24,29H,2-7,11,14H2,1H3,(H,37,43). The Morgan fingerprint density at radius 1 is 1.02 bits per heavy atom. The van der Waals surface area contributed by atoms with E-state index in [-0.39, 0.29) is 23.8 Å². The lowest BCUT2D eigenvalue weighted by molar-refractivity contribution is -0.129. The van der Waals surface area contributed by atoms with Crippen LogP contribution in [0.1, 0.15) is 75.2 Å². The maximum Gasteiger partial charge on any atom is 0.247 e. The lowest BCUT2D eigenvalue weighted by Gasteiger charge is -2.35. The van der Waals surface area contributed by atoms with E-state index < -0.39 is 0 Å². The van der Waals surface area contributed by atoms with E-state index in [9.17, 15) is 9.59 Å². The highest BCUT2D eigenvalue weighted by Gasteiger charge is 2.32. The van der Waals surface area contributed by atoms with Crippen molar-refractivity contribution in [2.75, 3.05) is 11.9 Å². The van der Waals surface area contributed by atoms with E-state index in [0.29, 0.717) is 36.9 Å². The molecule has 1 N–H and O–H groups in total. The van der Waals surface area contributed by atoms with E-state index in [2.05, 4.69) is 26.4 Å². The topological polar surface area (TPSA) is 111 Å². The molecule has 10 nitrogen and oxygen atoms in total. The molecular formula is C32H33ClN8O2. The number of nitrogens with one attached hydrogen (secondary N) is 1. The minimum atomic E-state index is -0.224. The van der Waals surface area contributed by atoms with Gasteiger partial charge in [0.2, 0.25) is 11.8 Å². The van der Waals surface area contributed by atoms with Crippen LogP contribution >= 0.6 is 11.6 Å². The molecule has 4 aromatic rings. The van der Waals surface area contributed by atoms with Gasteiger partial charge in [-0.25, -0.2) is 4.68 Å². The number of halogens is 1. The van der Waals surface area contributed by atoms with Gasteiger partial charge in [0.15, 0.2) is 0 Å². The summed E-state index contributed by atoms with van der Waals surface area (Å²) in [4.78, 5) is 33.8. The summed E-state index contributed by atoms with van der Waals surface area (Å²) in [5.74, 6) is -0.249. The molecule has 1 saturated carbocycles. The maximum atomic E-state index is 13.9. The van der Waals surface area contributed by atoms with Crippen LogP contribution < -0.4 is 5.32 Å². The lowest BCUT2D eigenvalue weighted by Crippen LogP contribution is -2.38. The summed E-state index contributed by atoms with van der Waals surface area (Å²) in [5, 5.41) is 16.5. The van der Waals surface area contributed by atoms with Crippen LogP contribution in [0.15, 0.2) is 61.2 Å². The number of anilines is 1. The van der Waals surface area contributed by atoms with Crippen LogP contribution in [-0.2, 0) is 9.59 Å². The molecule has 0 saturated heterocycles. The molecule has 5 heterocycles. The van der Waals surface area contributed by atoms with Gasteiger partial charge in [-0.1, -0.05) is 30.2 Å². The summed E-state index contributed by atoms with van der Waals surface area (Å²) >= 11 is 6.39. The van der Waals surface area contributed by atoms with E-state index in [1.807, 2.05) is 42.3 Å². The second-order valence-electron chi connectivity index (χ2n) is 11.7. The zero-order valence-corrected chi connectivity index (χ0v) is 24.7. The zero-order valence-electron chi connectivity index (χ0n) is 24.0. The predicted octanol–water partition coefficient (Wildman–Crippen LogP) is 6.02. The van der Waals surface area contributed by atoms with Gasteiger partial charge in [-0.2, -0.15) is 5.10 Å². The molecule has 1 aliphatic carbocycles. The number of aromatic nitrogens is 6. The molecule has 2 unspecified atom stereocenters. The second kappa shape index (κ2) is 11.4. The molecule has 2 aliphatic heterocycles. The molecule has 43 heavy (non-hydrogen) atoms. The fourth-order valence-corrected chi connectivity index (χ4v) is 6.55. The van der Waals surface area contributed by atoms with Gasteiger partial charge >= 0.3 is 0 Å². The highest BCUT2D eigenvalue weighted by molar-refractivity contribution is 6.30. The minimum Gasteiger partial charge on any atom is -0.330 e. The van der Waals surface area contributed by atoms with Crippen molar-refractivity contribution in [1.82, 2.24) is 34.7 Å². The molecule has 11 heteroatoms. The average molecular weight is 597 g/mol. The molecule has 1 aromatic carbocycles. The van der Waals surface area contributed by atoms with Crippen molar-refractivity contribution in [3.8, 4) is 16.9 Å². The number of fused-ring (bicyclic) bond motifs is 4. The summed E-state index contributed by atoms with van der Waals surface area (Å²) in [6.45, 7) is 2.49. The molecule has 7 rings (SSSR count). The van der Waals surface area contributed by atoms with Crippen LogP contribution in [-0.4, -0.2) is 53.0 Å². The summed E-state index contributed by atoms with van der Waals surface area (Å²) in [6, 6.07) is 9.72. The number of pyridine rings is 1. The predicted molar refractivity (Wildman–Crippen MR) is 163 cm³/mol. The van der Waals surface area contributed by atoms with Gasteiger partial charge in [0.05, 0.1) is 53.4 Å². The van der Waals surface area contributed by atoms with Gasteiger partial charge in [-0.3, -0.25) is 19.3 Å². The first-order chi connectivity index (χ1) is 21.0. The number of hydrogen-bond acceptors (Lipinski definition) is 6. The summed E-state index contributed by atoms with van der Waals surface area (Å²) < 4.78 is 3.74. The van der Waals surface area contributed by atoms with E-state index in [1.54, 1.807) is 29.3 Å². The van der Waals surface area contributed by atoms with Crippen molar-refractivity contribution in [2.24, 2.45) is 5.92 Å². The number of rotatable bonds is 4. The monoisotopic (exact) mass is 596 g/mol. The van der Waals surface area contributed by atoms with Gasteiger partial charge in [-0.15, -0.1) is 5.10 Å². The number of hydrogen-bond donors (Lipinski definition) is 1. The first-order valence-electron chi connectivity index (χ1n) is 15.0.